The van der Waals surface area contributed by atoms with Crippen molar-refractivity contribution in [3.05, 3.63) is 77.9 Å². The third-order valence-corrected chi connectivity index (χ3v) is 5.01. The van der Waals surface area contributed by atoms with Crippen LogP contribution in [0.4, 0.5) is 4.79 Å². The van der Waals surface area contributed by atoms with Gasteiger partial charge in [0.25, 0.3) is 11.8 Å². The molecule has 1 fully saturated rings. The highest BCUT2D eigenvalue weighted by Gasteiger charge is 2.34. The van der Waals surface area contributed by atoms with Crippen LogP contribution >= 0.6 is 0 Å². The second kappa shape index (κ2) is 10.2. The fraction of sp³-hybridized carbons (Fsp3) is 0.269. The largest absolute Gasteiger partial charge is 0.490 e. The number of rotatable bonds is 8. The quantitative estimate of drug-likeness (QED) is 0.285. The van der Waals surface area contributed by atoms with Crippen molar-refractivity contribution in [3.8, 4) is 11.5 Å². The summed E-state index contributed by atoms with van der Waals surface area (Å²) < 4.78 is 11.5. The lowest BCUT2D eigenvalue weighted by molar-refractivity contribution is -0.129. The van der Waals surface area contributed by atoms with Gasteiger partial charge in [0, 0.05) is 6.54 Å². The van der Waals surface area contributed by atoms with Gasteiger partial charge in [-0.25, -0.2) is 4.79 Å². The molecule has 0 saturated carbocycles. The molecule has 0 atom stereocenters. The van der Waals surface area contributed by atoms with Crippen LogP contribution in [0.1, 0.15) is 31.9 Å². The zero-order chi connectivity index (χ0) is 24.0. The molecule has 2 aromatic carbocycles. The molecule has 0 aromatic heterocycles. The molecular weight excluding hydrogens is 420 g/mol. The Morgan fingerprint density at radius 2 is 1.64 bits per heavy atom. The second-order valence-electron chi connectivity index (χ2n) is 8.57. The van der Waals surface area contributed by atoms with Crippen LogP contribution in [0.25, 0.3) is 6.08 Å². The van der Waals surface area contributed by atoms with E-state index in [4.69, 9.17) is 9.47 Å². The number of nitrogens with one attached hydrogen (secondary N) is 1. The van der Waals surface area contributed by atoms with Gasteiger partial charge in [0.05, 0.1) is 0 Å². The summed E-state index contributed by atoms with van der Waals surface area (Å²) >= 11 is 0. The topological polar surface area (TPSA) is 84.9 Å². The summed E-state index contributed by atoms with van der Waals surface area (Å²) in [5, 5.41) is 2.16. The van der Waals surface area contributed by atoms with E-state index in [9.17, 15) is 14.4 Å². The number of urea groups is 1. The zero-order valence-electron chi connectivity index (χ0n) is 19.1. The van der Waals surface area contributed by atoms with Crippen molar-refractivity contribution in [1.29, 1.82) is 0 Å². The van der Waals surface area contributed by atoms with Gasteiger partial charge in [-0.3, -0.25) is 19.8 Å². The number of hydrogen-bond donors (Lipinski definition) is 1. The Labute approximate surface area is 193 Å². The first-order valence-electron chi connectivity index (χ1n) is 10.6. The average Bonchev–Trinajstić information content (AvgIpc) is 2.77. The fourth-order valence-electron chi connectivity index (χ4n) is 3.22. The highest BCUT2D eigenvalue weighted by Crippen LogP contribution is 2.24. The number of carbonyl (C=O) groups is 3. The van der Waals surface area contributed by atoms with Crippen LogP contribution < -0.4 is 14.8 Å². The van der Waals surface area contributed by atoms with Crippen LogP contribution in [-0.2, 0) is 15.0 Å². The van der Waals surface area contributed by atoms with E-state index >= 15 is 0 Å². The predicted molar refractivity (Wildman–Crippen MR) is 126 cm³/mol. The number of nitrogens with zero attached hydrogens (tertiary/aromatic N) is 1. The third-order valence-electron chi connectivity index (χ3n) is 5.01. The number of benzene rings is 2. The summed E-state index contributed by atoms with van der Waals surface area (Å²) in [5.41, 5.74) is 1.79. The van der Waals surface area contributed by atoms with Crippen molar-refractivity contribution < 1.29 is 23.9 Å². The summed E-state index contributed by atoms with van der Waals surface area (Å²) in [6.07, 6.45) is 2.85. The number of ether oxygens (including phenoxy) is 2. The molecule has 33 heavy (non-hydrogen) atoms. The smallest absolute Gasteiger partial charge is 0.331 e. The van der Waals surface area contributed by atoms with Crippen LogP contribution in [0, 0.1) is 0 Å². The van der Waals surface area contributed by atoms with E-state index in [1.807, 2.05) is 12.1 Å². The Balaban J connectivity index is 1.59. The van der Waals surface area contributed by atoms with E-state index in [1.165, 1.54) is 17.7 Å². The Kier molecular flexibility index (Phi) is 7.33. The van der Waals surface area contributed by atoms with Gasteiger partial charge in [-0.15, -0.1) is 6.58 Å². The van der Waals surface area contributed by atoms with Crippen LogP contribution in [0.15, 0.2) is 66.8 Å². The minimum Gasteiger partial charge on any atom is -0.490 e. The van der Waals surface area contributed by atoms with Crippen LogP contribution in [0.2, 0.25) is 0 Å². The maximum atomic E-state index is 12.5. The third kappa shape index (κ3) is 6.10. The minimum absolute atomic E-state index is 0.0113. The Bertz CT molecular complexity index is 1080. The average molecular weight is 449 g/mol. The molecule has 1 aliphatic heterocycles. The van der Waals surface area contributed by atoms with Crippen LogP contribution in [-0.4, -0.2) is 42.5 Å². The number of amides is 4. The molecular formula is C26H28N2O5. The lowest BCUT2D eigenvalue weighted by atomic mass is 9.87. The van der Waals surface area contributed by atoms with Crippen molar-refractivity contribution in [3.63, 3.8) is 0 Å². The summed E-state index contributed by atoms with van der Waals surface area (Å²) in [6, 6.07) is 14.2. The molecule has 3 rings (SSSR count). The Morgan fingerprint density at radius 1 is 0.970 bits per heavy atom. The number of carbonyl (C=O) groups excluding carboxylic acids is 3. The van der Waals surface area contributed by atoms with Crippen molar-refractivity contribution in [2.45, 2.75) is 26.2 Å². The lowest BCUT2D eigenvalue weighted by Gasteiger charge is -2.25. The van der Waals surface area contributed by atoms with Gasteiger partial charge >= 0.3 is 6.03 Å². The van der Waals surface area contributed by atoms with E-state index in [0.29, 0.717) is 24.5 Å². The number of barbiturate groups is 1. The zero-order valence-corrected chi connectivity index (χ0v) is 19.1. The standard InChI is InChI=1S/C26H28N2O5/c1-5-13-28-24(30)22(23(29)27-25(28)31)17-18-7-6-8-21(16-18)33-15-14-32-20-11-9-19(10-12-20)26(2,3)4/h5-12,16-17H,1,13-15H2,2-4H3,(H,27,29,31)/b22-17-. The molecule has 1 heterocycles. The van der Waals surface area contributed by atoms with Crippen LogP contribution in [0.3, 0.4) is 0 Å². The van der Waals surface area contributed by atoms with Crippen molar-refractivity contribution in [2.75, 3.05) is 19.8 Å². The van der Waals surface area contributed by atoms with E-state index in [-0.39, 0.29) is 17.5 Å². The van der Waals surface area contributed by atoms with Crippen LogP contribution in [0.5, 0.6) is 11.5 Å². The summed E-state index contributed by atoms with van der Waals surface area (Å²) in [6.45, 7) is 10.7. The van der Waals surface area contributed by atoms with E-state index < -0.39 is 17.8 Å². The second-order valence-corrected chi connectivity index (χ2v) is 8.57. The summed E-state index contributed by atoms with van der Waals surface area (Å²) in [7, 11) is 0. The molecule has 1 N–H and O–H groups in total. The highest BCUT2D eigenvalue weighted by molar-refractivity contribution is 6.31. The van der Waals surface area contributed by atoms with E-state index in [0.717, 1.165) is 10.6 Å². The molecule has 7 nitrogen and oxygen atoms in total. The van der Waals surface area contributed by atoms with E-state index in [2.05, 4.69) is 44.8 Å². The Hall–Kier alpha value is -3.87. The first-order valence-corrected chi connectivity index (χ1v) is 10.6. The predicted octanol–water partition coefficient (Wildman–Crippen LogP) is 4.09. The minimum atomic E-state index is -0.757. The van der Waals surface area contributed by atoms with Gasteiger partial charge in [-0.1, -0.05) is 51.1 Å². The molecule has 172 valence electrons. The molecule has 1 saturated heterocycles. The Morgan fingerprint density at radius 3 is 2.27 bits per heavy atom. The normalized spacial score (nSPS) is 15.4. The SMILES string of the molecule is C=CCN1C(=O)NC(=O)/C(=C/c2cccc(OCCOc3ccc(C(C)(C)C)cc3)c2)C1=O. The van der Waals surface area contributed by atoms with Gasteiger partial charge < -0.3 is 9.47 Å². The van der Waals surface area contributed by atoms with Crippen molar-refractivity contribution in [1.82, 2.24) is 10.2 Å². The van der Waals surface area contributed by atoms with Gasteiger partial charge in [0.15, 0.2) is 0 Å². The first kappa shape index (κ1) is 23.8. The molecule has 0 bridgehead atoms. The van der Waals surface area contributed by atoms with Gasteiger partial charge in [-0.05, 0) is 46.9 Å². The number of imide groups is 2. The maximum absolute atomic E-state index is 12.5. The molecule has 0 spiro atoms. The molecule has 1 aliphatic rings. The molecule has 0 radical (unpaired) electrons. The van der Waals surface area contributed by atoms with Crippen molar-refractivity contribution >= 4 is 23.9 Å². The summed E-state index contributed by atoms with van der Waals surface area (Å²) in [5.74, 6) is -0.0624. The molecule has 0 unspecified atom stereocenters. The molecule has 7 heteroatoms. The van der Waals surface area contributed by atoms with Gasteiger partial charge in [0.2, 0.25) is 0 Å². The van der Waals surface area contributed by atoms with Gasteiger partial charge in [0.1, 0.15) is 30.3 Å². The molecule has 2 aromatic rings. The highest BCUT2D eigenvalue weighted by atomic mass is 16.5. The molecule has 0 aliphatic carbocycles. The molecule has 4 amide bonds. The first-order chi connectivity index (χ1) is 15.7. The van der Waals surface area contributed by atoms with Crippen molar-refractivity contribution in [2.24, 2.45) is 0 Å². The maximum Gasteiger partial charge on any atom is 0.331 e. The fourth-order valence-corrected chi connectivity index (χ4v) is 3.22. The summed E-state index contributed by atoms with van der Waals surface area (Å²) in [4.78, 5) is 37.4. The lowest BCUT2D eigenvalue weighted by Crippen LogP contribution is -2.54. The van der Waals surface area contributed by atoms with E-state index in [1.54, 1.807) is 24.3 Å². The number of hydrogen-bond acceptors (Lipinski definition) is 5. The van der Waals surface area contributed by atoms with Gasteiger partial charge in [-0.2, -0.15) is 0 Å². The monoisotopic (exact) mass is 448 g/mol.